The van der Waals surface area contributed by atoms with Gasteiger partial charge >= 0.3 is 0 Å². The van der Waals surface area contributed by atoms with E-state index >= 15 is 0 Å². The average Bonchev–Trinajstić information content (AvgIpc) is 2.52. The van der Waals surface area contributed by atoms with Crippen LogP contribution in [0.2, 0.25) is 0 Å². The predicted molar refractivity (Wildman–Crippen MR) is 86.5 cm³/mol. The highest BCUT2D eigenvalue weighted by molar-refractivity contribution is 5.20. The minimum Gasteiger partial charge on any atom is -0.491 e. The average molecular weight is 291 g/mol. The van der Waals surface area contributed by atoms with Crippen LogP contribution >= 0.6 is 0 Å². The molecule has 0 spiro atoms. The highest BCUT2D eigenvalue weighted by Crippen LogP contribution is 2.30. The molecule has 0 saturated heterocycles. The topological polar surface area (TPSA) is 41.5 Å². The zero-order valence-electron chi connectivity index (χ0n) is 13.3. The van der Waals surface area contributed by atoms with Crippen molar-refractivity contribution < 1.29 is 9.84 Å². The monoisotopic (exact) mass is 291 g/mol. The van der Waals surface area contributed by atoms with Crippen molar-refractivity contribution in [2.75, 3.05) is 13.2 Å². The number of hydrogen-bond donors (Lipinski definition) is 2. The Balaban J connectivity index is 1.71. The van der Waals surface area contributed by atoms with Crippen LogP contribution in [0.3, 0.4) is 0 Å². The summed E-state index contributed by atoms with van der Waals surface area (Å²) in [6.07, 6.45) is 4.74. The van der Waals surface area contributed by atoms with Gasteiger partial charge in [0.1, 0.15) is 18.5 Å². The molecule has 1 aliphatic rings. The number of benzene rings is 1. The summed E-state index contributed by atoms with van der Waals surface area (Å²) in [5, 5.41) is 13.6. The Bertz CT molecular complexity index is 393. The first-order valence-corrected chi connectivity index (χ1v) is 8.26. The van der Waals surface area contributed by atoms with E-state index in [2.05, 4.69) is 19.2 Å². The van der Waals surface area contributed by atoms with Crippen LogP contribution in [0.25, 0.3) is 0 Å². The van der Waals surface area contributed by atoms with E-state index in [1.54, 1.807) is 0 Å². The molecule has 3 nitrogen and oxygen atoms in total. The highest BCUT2D eigenvalue weighted by Gasteiger charge is 2.27. The van der Waals surface area contributed by atoms with Gasteiger partial charge in [-0.1, -0.05) is 44.9 Å². The smallest absolute Gasteiger partial charge is 0.119 e. The van der Waals surface area contributed by atoms with Crippen LogP contribution in [0.4, 0.5) is 0 Å². The molecule has 0 amide bonds. The Hall–Kier alpha value is -1.06. The number of rotatable bonds is 7. The molecule has 3 atom stereocenters. The van der Waals surface area contributed by atoms with Crippen molar-refractivity contribution in [3.05, 3.63) is 30.3 Å². The van der Waals surface area contributed by atoms with Crippen LogP contribution in [-0.4, -0.2) is 30.4 Å². The molecule has 3 unspecified atom stereocenters. The van der Waals surface area contributed by atoms with E-state index in [0.29, 0.717) is 25.1 Å². The van der Waals surface area contributed by atoms with Crippen molar-refractivity contribution >= 4 is 0 Å². The molecule has 1 aromatic carbocycles. The van der Waals surface area contributed by atoms with Gasteiger partial charge in [-0.25, -0.2) is 0 Å². The van der Waals surface area contributed by atoms with Crippen molar-refractivity contribution in [3.8, 4) is 5.75 Å². The Labute approximate surface area is 128 Å². The van der Waals surface area contributed by atoms with Gasteiger partial charge in [-0.15, -0.1) is 0 Å². The van der Waals surface area contributed by atoms with Crippen LogP contribution in [-0.2, 0) is 0 Å². The first-order valence-electron chi connectivity index (χ1n) is 8.26. The van der Waals surface area contributed by atoms with Crippen molar-refractivity contribution in [3.63, 3.8) is 0 Å². The van der Waals surface area contributed by atoms with Crippen LogP contribution in [0.15, 0.2) is 30.3 Å². The molecule has 0 radical (unpaired) electrons. The lowest BCUT2D eigenvalue weighted by molar-refractivity contribution is 0.0942. The largest absolute Gasteiger partial charge is 0.491 e. The molecular formula is C18H29NO2. The highest BCUT2D eigenvalue weighted by atomic mass is 16.5. The van der Waals surface area contributed by atoms with Crippen LogP contribution < -0.4 is 10.1 Å². The summed E-state index contributed by atoms with van der Waals surface area (Å²) in [5.74, 6) is 2.26. The molecule has 2 N–H and O–H groups in total. The molecule has 0 heterocycles. The fourth-order valence-corrected chi connectivity index (χ4v) is 3.27. The van der Waals surface area contributed by atoms with E-state index in [9.17, 15) is 5.11 Å². The summed E-state index contributed by atoms with van der Waals surface area (Å²) in [5.41, 5.74) is 0. The quantitative estimate of drug-likeness (QED) is 0.810. The molecule has 0 aromatic heterocycles. The summed E-state index contributed by atoms with van der Waals surface area (Å²) in [4.78, 5) is 0. The zero-order valence-corrected chi connectivity index (χ0v) is 13.3. The Morgan fingerprint density at radius 1 is 1.19 bits per heavy atom. The van der Waals surface area contributed by atoms with Crippen LogP contribution in [0.1, 0.15) is 39.5 Å². The van der Waals surface area contributed by atoms with Gasteiger partial charge in [0.2, 0.25) is 0 Å². The number of ether oxygens (including phenoxy) is 1. The second-order valence-corrected chi connectivity index (χ2v) is 6.48. The molecule has 118 valence electrons. The van der Waals surface area contributed by atoms with Gasteiger partial charge in [0, 0.05) is 12.6 Å². The third-order valence-electron chi connectivity index (χ3n) is 4.48. The maximum Gasteiger partial charge on any atom is 0.119 e. The predicted octanol–water partition coefficient (Wildman–Crippen LogP) is 3.23. The number of para-hydroxylation sites is 1. The molecule has 3 heteroatoms. The van der Waals surface area contributed by atoms with Gasteiger partial charge in [0.15, 0.2) is 0 Å². The standard InChI is InChI=1S/C18H29NO2/c1-14(2)17-10-6-7-11-18(17)19-12-15(20)13-21-16-8-4-3-5-9-16/h3-5,8-9,14-15,17-20H,6-7,10-13H2,1-2H3. The van der Waals surface area contributed by atoms with Crippen molar-refractivity contribution in [2.24, 2.45) is 11.8 Å². The molecule has 1 aliphatic carbocycles. The number of hydrogen-bond acceptors (Lipinski definition) is 3. The molecule has 1 fully saturated rings. The van der Waals surface area contributed by atoms with E-state index in [0.717, 1.165) is 11.7 Å². The SMILES string of the molecule is CC(C)C1CCCCC1NCC(O)COc1ccccc1. The van der Waals surface area contributed by atoms with Crippen molar-refractivity contribution in [1.82, 2.24) is 5.32 Å². The third kappa shape index (κ3) is 5.33. The first kappa shape index (κ1) is 16.3. The second-order valence-electron chi connectivity index (χ2n) is 6.48. The van der Waals surface area contributed by atoms with Gasteiger partial charge in [-0.2, -0.15) is 0 Å². The van der Waals surface area contributed by atoms with Crippen molar-refractivity contribution in [2.45, 2.75) is 51.7 Å². The van der Waals surface area contributed by atoms with Crippen molar-refractivity contribution in [1.29, 1.82) is 0 Å². The summed E-state index contributed by atoms with van der Waals surface area (Å²) >= 11 is 0. The molecule has 1 saturated carbocycles. The Morgan fingerprint density at radius 2 is 1.90 bits per heavy atom. The summed E-state index contributed by atoms with van der Waals surface area (Å²) in [6, 6.07) is 10.2. The fourth-order valence-electron chi connectivity index (χ4n) is 3.27. The maximum absolute atomic E-state index is 10.1. The summed E-state index contributed by atoms with van der Waals surface area (Å²) < 4.78 is 5.59. The second kappa shape index (κ2) is 8.40. The first-order chi connectivity index (χ1) is 10.2. The van der Waals surface area contributed by atoms with E-state index in [1.807, 2.05) is 30.3 Å². The van der Waals surface area contributed by atoms with Crippen LogP contribution in [0.5, 0.6) is 5.75 Å². The Morgan fingerprint density at radius 3 is 2.62 bits per heavy atom. The maximum atomic E-state index is 10.1. The van der Waals surface area contributed by atoms with Gasteiger partial charge < -0.3 is 15.2 Å². The van der Waals surface area contributed by atoms with E-state index in [-0.39, 0.29) is 0 Å². The zero-order chi connectivity index (χ0) is 15.1. The Kier molecular flexibility index (Phi) is 6.52. The van der Waals surface area contributed by atoms with E-state index in [4.69, 9.17) is 4.74 Å². The number of aliphatic hydroxyl groups is 1. The van der Waals surface area contributed by atoms with E-state index < -0.39 is 6.10 Å². The normalized spacial score (nSPS) is 24.0. The van der Waals surface area contributed by atoms with Crippen LogP contribution in [0, 0.1) is 11.8 Å². The molecule has 0 aliphatic heterocycles. The number of nitrogens with one attached hydrogen (secondary N) is 1. The molecular weight excluding hydrogens is 262 g/mol. The summed E-state index contributed by atoms with van der Waals surface area (Å²) in [7, 11) is 0. The minimum atomic E-state index is -0.458. The fraction of sp³-hybridized carbons (Fsp3) is 0.667. The lowest BCUT2D eigenvalue weighted by atomic mass is 9.78. The summed E-state index contributed by atoms with van der Waals surface area (Å²) in [6.45, 7) is 5.57. The van der Waals surface area contributed by atoms with Gasteiger partial charge in [-0.05, 0) is 36.8 Å². The lowest BCUT2D eigenvalue weighted by Gasteiger charge is -2.35. The molecule has 21 heavy (non-hydrogen) atoms. The van der Waals surface area contributed by atoms with Gasteiger partial charge in [0.25, 0.3) is 0 Å². The molecule has 1 aromatic rings. The van der Waals surface area contributed by atoms with E-state index in [1.165, 1.54) is 25.7 Å². The lowest BCUT2D eigenvalue weighted by Crippen LogP contribution is -2.45. The third-order valence-corrected chi connectivity index (χ3v) is 4.48. The molecule has 2 rings (SSSR count). The minimum absolute atomic E-state index is 0.343. The number of aliphatic hydroxyl groups excluding tert-OH is 1. The molecule has 0 bridgehead atoms. The van der Waals surface area contributed by atoms with Gasteiger partial charge in [0.05, 0.1) is 0 Å². The van der Waals surface area contributed by atoms with Gasteiger partial charge in [-0.3, -0.25) is 0 Å².